The van der Waals surface area contributed by atoms with Crippen molar-refractivity contribution in [3.63, 3.8) is 0 Å². The van der Waals surface area contributed by atoms with Gasteiger partial charge in [0.1, 0.15) is 0 Å². The van der Waals surface area contributed by atoms with Crippen LogP contribution >= 0.6 is 0 Å². The van der Waals surface area contributed by atoms with E-state index in [4.69, 9.17) is 0 Å². The third-order valence-corrected chi connectivity index (χ3v) is 3.61. The second-order valence-corrected chi connectivity index (χ2v) is 5.09. The van der Waals surface area contributed by atoms with Crippen LogP contribution in [0.3, 0.4) is 0 Å². The van der Waals surface area contributed by atoms with Gasteiger partial charge in [-0.15, -0.1) is 0 Å². The van der Waals surface area contributed by atoms with Crippen LogP contribution in [0.15, 0.2) is 72.8 Å². The van der Waals surface area contributed by atoms with E-state index in [9.17, 15) is 4.79 Å². The molecule has 0 heterocycles. The van der Waals surface area contributed by atoms with Gasteiger partial charge in [0, 0.05) is 5.56 Å². The fraction of sp³-hybridized carbons (Fsp3) is 0.0500. The summed E-state index contributed by atoms with van der Waals surface area (Å²) in [6.45, 7) is 1.98. The summed E-state index contributed by atoms with van der Waals surface area (Å²) in [5.74, 6) is 0.0492. The van der Waals surface area contributed by atoms with Crippen LogP contribution in [-0.4, -0.2) is 5.78 Å². The van der Waals surface area contributed by atoms with E-state index in [1.165, 1.54) is 0 Å². The van der Waals surface area contributed by atoms with Gasteiger partial charge in [0.25, 0.3) is 0 Å². The average molecular weight is 272 g/mol. The van der Waals surface area contributed by atoms with Gasteiger partial charge in [-0.1, -0.05) is 72.8 Å². The van der Waals surface area contributed by atoms with Crippen molar-refractivity contribution in [3.05, 3.63) is 89.5 Å². The monoisotopic (exact) mass is 272 g/mol. The third-order valence-electron chi connectivity index (χ3n) is 3.61. The highest BCUT2D eigenvalue weighted by atomic mass is 16.1. The van der Waals surface area contributed by atoms with Crippen LogP contribution in [0.1, 0.15) is 21.5 Å². The van der Waals surface area contributed by atoms with Crippen LogP contribution in [0, 0.1) is 6.92 Å². The Bertz CT molecular complexity index is 814. The molecule has 1 nitrogen and oxygen atoms in total. The van der Waals surface area contributed by atoms with Crippen molar-refractivity contribution in [2.75, 3.05) is 0 Å². The van der Waals surface area contributed by atoms with Gasteiger partial charge in [-0.25, -0.2) is 0 Å². The Balaban J connectivity index is 2.02. The molecule has 102 valence electrons. The van der Waals surface area contributed by atoms with E-state index in [1.54, 1.807) is 6.08 Å². The lowest BCUT2D eigenvalue weighted by Gasteiger charge is -2.07. The zero-order valence-electron chi connectivity index (χ0n) is 11.9. The molecule has 0 aliphatic carbocycles. The molecule has 1 heteroatoms. The number of carbonyl (C=O) groups excluding carboxylic acids is 1. The number of hydrogen-bond acceptors (Lipinski definition) is 1. The Hall–Kier alpha value is -2.67. The van der Waals surface area contributed by atoms with Gasteiger partial charge in [0.2, 0.25) is 0 Å². The van der Waals surface area contributed by atoms with E-state index in [-0.39, 0.29) is 5.78 Å². The molecule has 0 bridgehead atoms. The van der Waals surface area contributed by atoms with E-state index < -0.39 is 0 Å². The van der Waals surface area contributed by atoms with Gasteiger partial charge >= 0.3 is 0 Å². The summed E-state index contributed by atoms with van der Waals surface area (Å²) in [6.07, 6.45) is 3.52. The molecule has 3 aromatic rings. The summed E-state index contributed by atoms with van der Waals surface area (Å²) >= 11 is 0. The summed E-state index contributed by atoms with van der Waals surface area (Å²) in [5.41, 5.74) is 2.83. The molecule has 21 heavy (non-hydrogen) atoms. The number of ketones is 1. The van der Waals surface area contributed by atoms with Gasteiger partial charge in [0.15, 0.2) is 5.78 Å². The average Bonchev–Trinajstić information content (AvgIpc) is 2.53. The zero-order valence-corrected chi connectivity index (χ0v) is 11.9. The molecule has 3 rings (SSSR count). The second-order valence-electron chi connectivity index (χ2n) is 5.09. The smallest absolute Gasteiger partial charge is 0.186 e. The van der Waals surface area contributed by atoms with Gasteiger partial charge in [0.05, 0.1) is 0 Å². The van der Waals surface area contributed by atoms with Crippen LogP contribution in [0.5, 0.6) is 0 Å². The van der Waals surface area contributed by atoms with Crippen LogP contribution in [-0.2, 0) is 0 Å². The molecular formula is C20H16O. The molecule has 0 aromatic heterocycles. The van der Waals surface area contributed by atoms with Gasteiger partial charge in [-0.05, 0) is 34.9 Å². The summed E-state index contributed by atoms with van der Waals surface area (Å²) in [6, 6.07) is 21.9. The highest BCUT2D eigenvalue weighted by Gasteiger charge is 2.10. The zero-order chi connectivity index (χ0) is 14.7. The number of aryl methyl sites for hydroxylation is 1. The number of fused-ring (bicyclic) bond motifs is 1. The Morgan fingerprint density at radius 3 is 2.38 bits per heavy atom. The minimum Gasteiger partial charge on any atom is -0.289 e. The van der Waals surface area contributed by atoms with Crippen LogP contribution in [0.4, 0.5) is 0 Å². The lowest BCUT2D eigenvalue weighted by Crippen LogP contribution is -1.99. The van der Waals surface area contributed by atoms with Crippen molar-refractivity contribution in [2.45, 2.75) is 6.92 Å². The highest BCUT2D eigenvalue weighted by Crippen LogP contribution is 2.23. The number of rotatable bonds is 3. The van der Waals surface area contributed by atoms with E-state index in [1.807, 2.05) is 73.7 Å². The molecule has 0 saturated carbocycles. The van der Waals surface area contributed by atoms with E-state index in [2.05, 4.69) is 6.07 Å². The topological polar surface area (TPSA) is 17.1 Å². The highest BCUT2D eigenvalue weighted by molar-refractivity contribution is 6.15. The first-order valence-corrected chi connectivity index (χ1v) is 7.01. The molecule has 0 fully saturated rings. The molecule has 3 aromatic carbocycles. The molecule has 0 saturated heterocycles. The lowest BCUT2D eigenvalue weighted by atomic mass is 9.96. The molecule has 0 aliphatic heterocycles. The Labute approximate surface area is 124 Å². The van der Waals surface area contributed by atoms with Crippen molar-refractivity contribution in [2.24, 2.45) is 0 Å². The molecule has 0 spiro atoms. The maximum Gasteiger partial charge on any atom is 0.186 e. The normalized spacial score (nSPS) is 11.1. The summed E-state index contributed by atoms with van der Waals surface area (Å²) < 4.78 is 0. The first-order valence-electron chi connectivity index (χ1n) is 7.01. The van der Waals surface area contributed by atoms with Crippen LogP contribution in [0.2, 0.25) is 0 Å². The molecule has 0 amide bonds. The van der Waals surface area contributed by atoms with Gasteiger partial charge in [-0.3, -0.25) is 4.79 Å². The molecule has 0 N–H and O–H groups in total. The SMILES string of the molecule is Cc1ccc2ccccc2c1C(=O)/C=C/c1ccccc1. The van der Waals surface area contributed by atoms with E-state index in [0.29, 0.717) is 0 Å². The summed E-state index contributed by atoms with van der Waals surface area (Å²) in [5, 5.41) is 2.11. The number of allylic oxidation sites excluding steroid dienone is 1. The number of benzene rings is 3. The Morgan fingerprint density at radius 1 is 0.857 bits per heavy atom. The van der Waals surface area contributed by atoms with E-state index in [0.717, 1.165) is 27.5 Å². The molecule has 0 aliphatic rings. The fourth-order valence-electron chi connectivity index (χ4n) is 2.53. The van der Waals surface area contributed by atoms with Crippen LogP contribution < -0.4 is 0 Å². The van der Waals surface area contributed by atoms with Crippen molar-refractivity contribution in [1.29, 1.82) is 0 Å². The summed E-state index contributed by atoms with van der Waals surface area (Å²) in [7, 11) is 0. The van der Waals surface area contributed by atoms with E-state index >= 15 is 0 Å². The Kier molecular flexibility index (Phi) is 3.65. The number of carbonyl (C=O) groups is 1. The predicted octanol–water partition coefficient (Wildman–Crippen LogP) is 5.04. The predicted molar refractivity (Wildman–Crippen MR) is 88.5 cm³/mol. The van der Waals surface area contributed by atoms with Crippen molar-refractivity contribution < 1.29 is 4.79 Å². The maximum atomic E-state index is 12.6. The fourth-order valence-corrected chi connectivity index (χ4v) is 2.53. The quantitative estimate of drug-likeness (QED) is 0.482. The first-order chi connectivity index (χ1) is 10.3. The van der Waals surface area contributed by atoms with Gasteiger partial charge < -0.3 is 0 Å². The first kappa shape index (κ1) is 13.3. The molecule has 0 radical (unpaired) electrons. The minimum atomic E-state index is 0.0492. The molecule has 0 unspecified atom stereocenters. The standard InChI is InChI=1S/C20H16O/c1-15-11-13-17-9-5-6-10-18(17)20(15)19(21)14-12-16-7-3-2-4-8-16/h2-14H,1H3/b14-12+. The second kappa shape index (κ2) is 5.76. The minimum absolute atomic E-state index is 0.0492. The largest absolute Gasteiger partial charge is 0.289 e. The van der Waals surface area contributed by atoms with Crippen molar-refractivity contribution >= 4 is 22.6 Å². The van der Waals surface area contributed by atoms with Crippen molar-refractivity contribution in [1.82, 2.24) is 0 Å². The lowest BCUT2D eigenvalue weighted by molar-refractivity contribution is 0.104. The van der Waals surface area contributed by atoms with Crippen molar-refractivity contribution in [3.8, 4) is 0 Å². The number of hydrogen-bond donors (Lipinski definition) is 0. The molecular weight excluding hydrogens is 256 g/mol. The van der Waals surface area contributed by atoms with Gasteiger partial charge in [-0.2, -0.15) is 0 Å². The summed E-state index contributed by atoms with van der Waals surface area (Å²) in [4.78, 5) is 12.6. The Morgan fingerprint density at radius 2 is 1.57 bits per heavy atom. The van der Waals surface area contributed by atoms with Crippen LogP contribution in [0.25, 0.3) is 16.8 Å². The maximum absolute atomic E-state index is 12.6. The molecule has 0 atom stereocenters. The third kappa shape index (κ3) is 2.77.